The Kier molecular flexibility index (Phi) is 5.26. The van der Waals surface area contributed by atoms with E-state index in [0.29, 0.717) is 17.9 Å². The first kappa shape index (κ1) is 14.0. The van der Waals surface area contributed by atoms with Crippen LogP contribution in [0.5, 0.6) is 0 Å². The molecule has 96 valence electrons. The van der Waals surface area contributed by atoms with Crippen LogP contribution in [0.3, 0.4) is 0 Å². The summed E-state index contributed by atoms with van der Waals surface area (Å²) in [6.45, 7) is 12.6. The molecule has 0 spiro atoms. The smallest absolute Gasteiger partial charge is 0.0655 e. The quantitative estimate of drug-likeness (QED) is 0.715. The molecule has 0 saturated heterocycles. The third-order valence-electron chi connectivity index (χ3n) is 4.00. The molecule has 0 aromatic carbocycles. The lowest BCUT2D eigenvalue weighted by atomic mass is 9.73. The van der Waals surface area contributed by atoms with Crippen LogP contribution in [-0.2, 0) is 9.47 Å². The molecule has 1 fully saturated rings. The van der Waals surface area contributed by atoms with E-state index in [0.717, 1.165) is 19.6 Å². The van der Waals surface area contributed by atoms with E-state index in [9.17, 15) is 0 Å². The predicted molar refractivity (Wildman–Crippen MR) is 67.6 cm³/mol. The van der Waals surface area contributed by atoms with Gasteiger partial charge >= 0.3 is 0 Å². The normalized spacial score (nSPS) is 31.7. The fourth-order valence-electron chi connectivity index (χ4n) is 2.85. The van der Waals surface area contributed by atoms with Gasteiger partial charge in [-0.2, -0.15) is 0 Å². The maximum atomic E-state index is 5.87. The minimum Gasteiger partial charge on any atom is -0.378 e. The molecule has 0 amide bonds. The SMILES string of the molecule is CCOC1CC(C(C)(C)OCC)CCC1C. The van der Waals surface area contributed by atoms with Gasteiger partial charge in [0.05, 0.1) is 11.7 Å². The summed E-state index contributed by atoms with van der Waals surface area (Å²) in [5.41, 5.74) is 0.00421. The van der Waals surface area contributed by atoms with Gasteiger partial charge in [-0.05, 0) is 58.8 Å². The van der Waals surface area contributed by atoms with Gasteiger partial charge in [0, 0.05) is 13.2 Å². The Labute approximate surface area is 101 Å². The first-order valence-electron chi connectivity index (χ1n) is 6.76. The molecule has 1 rings (SSSR count). The first-order valence-corrected chi connectivity index (χ1v) is 6.76. The molecule has 1 aliphatic carbocycles. The Hall–Kier alpha value is -0.0800. The van der Waals surface area contributed by atoms with Gasteiger partial charge in [0.25, 0.3) is 0 Å². The fourth-order valence-corrected chi connectivity index (χ4v) is 2.85. The van der Waals surface area contributed by atoms with Crippen molar-refractivity contribution in [2.75, 3.05) is 13.2 Å². The predicted octanol–water partition coefficient (Wildman–Crippen LogP) is 3.64. The summed E-state index contributed by atoms with van der Waals surface area (Å²) in [5.74, 6) is 1.34. The molecule has 1 saturated carbocycles. The molecule has 0 aromatic heterocycles. The standard InChI is InChI=1S/C14H28O2/c1-6-15-13-10-12(9-8-11(13)3)14(4,5)16-7-2/h11-13H,6-10H2,1-5H3. The van der Waals surface area contributed by atoms with Crippen molar-refractivity contribution in [3.63, 3.8) is 0 Å². The van der Waals surface area contributed by atoms with Crippen molar-refractivity contribution >= 4 is 0 Å². The molecule has 16 heavy (non-hydrogen) atoms. The van der Waals surface area contributed by atoms with Gasteiger partial charge in [0.15, 0.2) is 0 Å². The maximum absolute atomic E-state index is 5.87. The third kappa shape index (κ3) is 3.46. The third-order valence-corrected chi connectivity index (χ3v) is 4.00. The average Bonchev–Trinajstić information content (AvgIpc) is 2.21. The Morgan fingerprint density at radius 3 is 2.38 bits per heavy atom. The van der Waals surface area contributed by atoms with Crippen molar-refractivity contribution in [3.8, 4) is 0 Å². The van der Waals surface area contributed by atoms with Gasteiger partial charge in [0.1, 0.15) is 0 Å². The summed E-state index contributed by atoms with van der Waals surface area (Å²) >= 11 is 0. The molecule has 0 aliphatic heterocycles. The lowest BCUT2D eigenvalue weighted by Crippen LogP contribution is -2.42. The van der Waals surface area contributed by atoms with E-state index >= 15 is 0 Å². The molecule has 0 N–H and O–H groups in total. The second kappa shape index (κ2) is 6.02. The molecule has 2 heteroatoms. The van der Waals surface area contributed by atoms with E-state index in [4.69, 9.17) is 9.47 Å². The largest absolute Gasteiger partial charge is 0.378 e. The molecule has 0 aromatic rings. The molecule has 1 aliphatic rings. The van der Waals surface area contributed by atoms with Crippen molar-refractivity contribution in [2.24, 2.45) is 11.8 Å². The highest BCUT2D eigenvalue weighted by Gasteiger charge is 2.37. The van der Waals surface area contributed by atoms with Gasteiger partial charge in [-0.3, -0.25) is 0 Å². The topological polar surface area (TPSA) is 18.5 Å². The minimum absolute atomic E-state index is 0.00421. The van der Waals surface area contributed by atoms with E-state index in [1.54, 1.807) is 0 Å². The van der Waals surface area contributed by atoms with E-state index in [-0.39, 0.29) is 5.60 Å². The zero-order valence-electron chi connectivity index (χ0n) is 11.6. The molecule has 0 radical (unpaired) electrons. The molecule has 0 heterocycles. The summed E-state index contributed by atoms with van der Waals surface area (Å²) in [5, 5.41) is 0. The summed E-state index contributed by atoms with van der Waals surface area (Å²) in [6, 6.07) is 0. The average molecular weight is 228 g/mol. The number of ether oxygens (including phenoxy) is 2. The van der Waals surface area contributed by atoms with E-state index in [1.165, 1.54) is 12.8 Å². The zero-order valence-corrected chi connectivity index (χ0v) is 11.6. The van der Waals surface area contributed by atoms with Crippen LogP contribution >= 0.6 is 0 Å². The lowest BCUT2D eigenvalue weighted by Gasteiger charge is -2.41. The molecule has 3 atom stereocenters. The lowest BCUT2D eigenvalue weighted by molar-refractivity contribution is -0.1000. The van der Waals surface area contributed by atoms with Crippen molar-refractivity contribution in [2.45, 2.75) is 65.6 Å². The molecule has 2 nitrogen and oxygen atoms in total. The minimum atomic E-state index is 0.00421. The highest BCUT2D eigenvalue weighted by Crippen LogP contribution is 2.38. The van der Waals surface area contributed by atoms with Crippen LogP contribution in [-0.4, -0.2) is 24.9 Å². The number of hydrogen-bond acceptors (Lipinski definition) is 2. The van der Waals surface area contributed by atoms with E-state index < -0.39 is 0 Å². The van der Waals surface area contributed by atoms with Crippen LogP contribution in [0, 0.1) is 11.8 Å². The highest BCUT2D eigenvalue weighted by molar-refractivity contribution is 4.88. The van der Waals surface area contributed by atoms with Crippen LogP contribution in [0.2, 0.25) is 0 Å². The van der Waals surface area contributed by atoms with Gasteiger partial charge in [-0.25, -0.2) is 0 Å². The van der Waals surface area contributed by atoms with Crippen molar-refractivity contribution in [3.05, 3.63) is 0 Å². The Morgan fingerprint density at radius 1 is 1.12 bits per heavy atom. The van der Waals surface area contributed by atoms with Crippen LogP contribution in [0.4, 0.5) is 0 Å². The molecule has 3 unspecified atom stereocenters. The Morgan fingerprint density at radius 2 is 1.81 bits per heavy atom. The van der Waals surface area contributed by atoms with Gasteiger partial charge in [-0.15, -0.1) is 0 Å². The fraction of sp³-hybridized carbons (Fsp3) is 1.00. The van der Waals surface area contributed by atoms with Crippen LogP contribution in [0.15, 0.2) is 0 Å². The Bertz CT molecular complexity index is 201. The van der Waals surface area contributed by atoms with E-state index in [2.05, 4.69) is 34.6 Å². The second-order valence-corrected chi connectivity index (χ2v) is 5.52. The Balaban J connectivity index is 2.56. The summed E-state index contributed by atoms with van der Waals surface area (Å²) in [7, 11) is 0. The summed E-state index contributed by atoms with van der Waals surface area (Å²) < 4.78 is 11.7. The van der Waals surface area contributed by atoms with Crippen LogP contribution < -0.4 is 0 Å². The van der Waals surface area contributed by atoms with Gasteiger partial charge < -0.3 is 9.47 Å². The second-order valence-electron chi connectivity index (χ2n) is 5.52. The summed E-state index contributed by atoms with van der Waals surface area (Å²) in [6.07, 6.45) is 4.13. The van der Waals surface area contributed by atoms with Crippen LogP contribution in [0.25, 0.3) is 0 Å². The van der Waals surface area contributed by atoms with Crippen LogP contribution in [0.1, 0.15) is 53.9 Å². The zero-order chi connectivity index (χ0) is 12.2. The van der Waals surface area contributed by atoms with E-state index in [1.807, 2.05) is 0 Å². The number of rotatable bonds is 5. The summed E-state index contributed by atoms with van der Waals surface area (Å²) in [4.78, 5) is 0. The number of hydrogen-bond donors (Lipinski definition) is 0. The van der Waals surface area contributed by atoms with Crippen molar-refractivity contribution < 1.29 is 9.47 Å². The van der Waals surface area contributed by atoms with Gasteiger partial charge in [0.2, 0.25) is 0 Å². The molecular weight excluding hydrogens is 200 g/mol. The van der Waals surface area contributed by atoms with Gasteiger partial charge in [-0.1, -0.05) is 6.92 Å². The van der Waals surface area contributed by atoms with Crippen molar-refractivity contribution in [1.82, 2.24) is 0 Å². The maximum Gasteiger partial charge on any atom is 0.0655 e. The molecular formula is C14H28O2. The van der Waals surface area contributed by atoms with Crippen molar-refractivity contribution in [1.29, 1.82) is 0 Å². The molecule has 0 bridgehead atoms. The highest BCUT2D eigenvalue weighted by atomic mass is 16.5. The monoisotopic (exact) mass is 228 g/mol. The first-order chi connectivity index (χ1) is 7.51.